The van der Waals surface area contributed by atoms with Crippen molar-refractivity contribution >= 4 is 44.7 Å². The van der Waals surface area contributed by atoms with Crippen molar-refractivity contribution in [1.82, 2.24) is 10.1 Å². The van der Waals surface area contributed by atoms with Crippen LogP contribution in [0.5, 0.6) is 0 Å². The predicted molar refractivity (Wildman–Crippen MR) is 120 cm³/mol. The van der Waals surface area contributed by atoms with E-state index in [0.29, 0.717) is 16.5 Å². The third-order valence-corrected chi connectivity index (χ3v) is 5.87. The van der Waals surface area contributed by atoms with Crippen LogP contribution < -0.4 is 5.32 Å². The topological polar surface area (TPSA) is 68.0 Å². The van der Waals surface area contributed by atoms with Gasteiger partial charge >= 0.3 is 0 Å². The van der Waals surface area contributed by atoms with Gasteiger partial charge in [-0.15, -0.1) is 11.3 Å². The van der Waals surface area contributed by atoms with E-state index in [1.165, 1.54) is 0 Å². The highest BCUT2D eigenvalue weighted by Crippen LogP contribution is 2.31. The Balaban J connectivity index is 1.36. The molecule has 0 bridgehead atoms. The van der Waals surface area contributed by atoms with E-state index in [9.17, 15) is 4.79 Å². The lowest BCUT2D eigenvalue weighted by atomic mass is 10.1. The van der Waals surface area contributed by atoms with Gasteiger partial charge in [0.1, 0.15) is 5.01 Å². The van der Waals surface area contributed by atoms with Crippen molar-refractivity contribution < 1.29 is 9.32 Å². The lowest BCUT2D eigenvalue weighted by Gasteiger charge is -2.04. The molecule has 0 fully saturated rings. The quantitative estimate of drug-likeness (QED) is 0.351. The van der Waals surface area contributed by atoms with Crippen LogP contribution in [-0.4, -0.2) is 16.0 Å². The minimum absolute atomic E-state index is 0.199. The summed E-state index contributed by atoms with van der Waals surface area (Å²) in [6.45, 7) is 0. The molecule has 2 heterocycles. The highest BCUT2D eigenvalue weighted by Gasteiger charge is 2.15. The minimum atomic E-state index is -0.347. The number of nitrogens with zero attached hydrogens (tertiary/aromatic N) is 2. The van der Waals surface area contributed by atoms with Gasteiger partial charge in [-0.2, -0.15) is 0 Å². The van der Waals surface area contributed by atoms with Crippen molar-refractivity contribution in [1.29, 1.82) is 0 Å². The van der Waals surface area contributed by atoms with Gasteiger partial charge in [-0.3, -0.25) is 4.79 Å². The number of fused-ring (bicyclic) bond motifs is 1. The second-order valence-electron chi connectivity index (χ2n) is 6.60. The third-order valence-electron chi connectivity index (χ3n) is 4.53. The number of hydrogen-bond acceptors (Lipinski definition) is 5. The molecule has 5 rings (SSSR count). The molecule has 0 aliphatic carbocycles. The first-order valence-corrected chi connectivity index (χ1v) is 10.4. The molecule has 0 atom stereocenters. The molecule has 1 amide bonds. The summed E-state index contributed by atoms with van der Waals surface area (Å²) >= 11 is 7.53. The molecular formula is C23H14ClN3O2S. The Kier molecular flexibility index (Phi) is 4.78. The molecule has 0 aliphatic heterocycles. The van der Waals surface area contributed by atoms with E-state index in [-0.39, 0.29) is 11.6 Å². The predicted octanol–water partition coefficient (Wildman–Crippen LogP) is 6.52. The third kappa shape index (κ3) is 3.70. The van der Waals surface area contributed by atoms with Gasteiger partial charge in [-0.05, 0) is 48.5 Å². The number of anilines is 1. The highest BCUT2D eigenvalue weighted by molar-refractivity contribution is 7.21. The Bertz CT molecular complexity index is 1330. The monoisotopic (exact) mass is 431 g/mol. The van der Waals surface area contributed by atoms with Gasteiger partial charge in [0, 0.05) is 27.9 Å². The lowest BCUT2D eigenvalue weighted by Crippen LogP contribution is -2.12. The zero-order chi connectivity index (χ0) is 20.5. The van der Waals surface area contributed by atoms with Crippen molar-refractivity contribution in [2.75, 3.05) is 5.32 Å². The molecule has 0 spiro atoms. The van der Waals surface area contributed by atoms with Crippen LogP contribution in [0.2, 0.25) is 5.02 Å². The molecule has 2 aromatic heterocycles. The van der Waals surface area contributed by atoms with Crippen LogP contribution in [-0.2, 0) is 0 Å². The second-order valence-corrected chi connectivity index (χ2v) is 8.07. The molecule has 5 nitrogen and oxygen atoms in total. The maximum atomic E-state index is 12.6. The zero-order valence-corrected chi connectivity index (χ0v) is 17.1. The smallest absolute Gasteiger partial charge is 0.277 e. The Morgan fingerprint density at radius 2 is 1.77 bits per heavy atom. The fraction of sp³-hybridized carbons (Fsp3) is 0. The largest absolute Gasteiger partial charge is 0.355 e. The van der Waals surface area contributed by atoms with Crippen molar-refractivity contribution in [3.05, 3.63) is 89.6 Å². The van der Waals surface area contributed by atoms with Gasteiger partial charge in [0.15, 0.2) is 11.5 Å². The molecule has 0 saturated heterocycles. The number of nitrogens with one attached hydrogen (secondary N) is 1. The average Bonchev–Trinajstić information content (AvgIpc) is 3.42. The summed E-state index contributed by atoms with van der Waals surface area (Å²) in [7, 11) is 0. The van der Waals surface area contributed by atoms with Crippen LogP contribution >= 0.6 is 22.9 Å². The van der Waals surface area contributed by atoms with Crippen LogP contribution in [0, 0.1) is 0 Å². The number of aromatic nitrogens is 2. The molecule has 0 aliphatic rings. The number of halogens is 1. The number of amides is 1. The van der Waals surface area contributed by atoms with Crippen molar-refractivity contribution in [2.45, 2.75) is 0 Å². The SMILES string of the molecule is O=C(Nc1cccc(-c2nc3ccccc3s2)c1)c1cc(-c2ccc(Cl)cc2)on1. The molecule has 7 heteroatoms. The minimum Gasteiger partial charge on any atom is -0.355 e. The summed E-state index contributed by atoms with van der Waals surface area (Å²) in [5.41, 5.74) is 3.56. The highest BCUT2D eigenvalue weighted by atomic mass is 35.5. The molecule has 0 saturated carbocycles. The Hall–Kier alpha value is -3.48. The lowest BCUT2D eigenvalue weighted by molar-refractivity contribution is 0.101. The van der Waals surface area contributed by atoms with E-state index in [0.717, 1.165) is 26.4 Å². The number of thiazole rings is 1. The number of carbonyl (C=O) groups is 1. The van der Waals surface area contributed by atoms with Gasteiger partial charge in [0.05, 0.1) is 10.2 Å². The first kappa shape index (κ1) is 18.5. The molecule has 0 unspecified atom stereocenters. The molecule has 146 valence electrons. The summed E-state index contributed by atoms with van der Waals surface area (Å²) < 4.78 is 6.44. The fourth-order valence-electron chi connectivity index (χ4n) is 3.05. The maximum absolute atomic E-state index is 12.6. The number of benzene rings is 3. The molecule has 1 N–H and O–H groups in total. The Labute approximate surface area is 180 Å². The first-order valence-electron chi connectivity index (χ1n) is 9.16. The van der Waals surface area contributed by atoms with Crippen LogP contribution in [0.4, 0.5) is 5.69 Å². The van der Waals surface area contributed by atoms with E-state index in [1.54, 1.807) is 29.5 Å². The van der Waals surface area contributed by atoms with Crippen LogP contribution in [0.25, 0.3) is 32.1 Å². The number of rotatable bonds is 4. The van der Waals surface area contributed by atoms with Crippen LogP contribution in [0.15, 0.2) is 83.4 Å². The maximum Gasteiger partial charge on any atom is 0.277 e. The standard InChI is InChI=1S/C23H14ClN3O2S/c24-16-10-8-14(9-11-16)20-13-19(27-29-20)22(28)25-17-5-3-4-15(12-17)23-26-18-6-1-2-7-21(18)30-23/h1-13H,(H,25,28). The van der Waals surface area contributed by atoms with Crippen molar-refractivity contribution in [2.24, 2.45) is 0 Å². The Morgan fingerprint density at radius 3 is 2.60 bits per heavy atom. The molecule has 30 heavy (non-hydrogen) atoms. The van der Waals surface area contributed by atoms with Gasteiger partial charge in [-0.25, -0.2) is 4.98 Å². The summed E-state index contributed by atoms with van der Waals surface area (Å²) in [4.78, 5) is 17.3. The summed E-state index contributed by atoms with van der Waals surface area (Å²) in [5, 5.41) is 8.29. The van der Waals surface area contributed by atoms with Gasteiger partial charge in [0.2, 0.25) is 0 Å². The average molecular weight is 432 g/mol. The summed E-state index contributed by atoms with van der Waals surface area (Å²) in [6.07, 6.45) is 0. The number of carbonyl (C=O) groups excluding carboxylic acids is 1. The fourth-order valence-corrected chi connectivity index (χ4v) is 4.14. The number of para-hydroxylation sites is 1. The molecular weight excluding hydrogens is 418 g/mol. The van der Waals surface area contributed by atoms with Gasteiger partial charge < -0.3 is 9.84 Å². The van der Waals surface area contributed by atoms with E-state index in [1.807, 2.05) is 60.7 Å². The first-order chi connectivity index (χ1) is 14.7. The van der Waals surface area contributed by atoms with Crippen molar-refractivity contribution in [3.8, 4) is 21.9 Å². The zero-order valence-electron chi connectivity index (χ0n) is 15.5. The van der Waals surface area contributed by atoms with Gasteiger partial charge in [-0.1, -0.05) is 41.0 Å². The summed E-state index contributed by atoms with van der Waals surface area (Å²) in [6, 6.07) is 24.3. The molecule has 3 aromatic carbocycles. The van der Waals surface area contributed by atoms with E-state index >= 15 is 0 Å². The van der Waals surface area contributed by atoms with E-state index < -0.39 is 0 Å². The second kappa shape index (κ2) is 7.74. The van der Waals surface area contributed by atoms with Gasteiger partial charge in [0.25, 0.3) is 5.91 Å². The summed E-state index contributed by atoms with van der Waals surface area (Å²) in [5.74, 6) is 0.153. The van der Waals surface area contributed by atoms with E-state index in [4.69, 9.17) is 16.1 Å². The van der Waals surface area contributed by atoms with E-state index in [2.05, 4.69) is 15.5 Å². The van der Waals surface area contributed by atoms with Crippen LogP contribution in [0.1, 0.15) is 10.5 Å². The number of hydrogen-bond donors (Lipinski definition) is 1. The molecule has 5 aromatic rings. The Morgan fingerprint density at radius 1 is 0.933 bits per heavy atom. The molecule has 0 radical (unpaired) electrons. The normalized spacial score (nSPS) is 11.0. The van der Waals surface area contributed by atoms with Crippen LogP contribution in [0.3, 0.4) is 0 Å². The van der Waals surface area contributed by atoms with Crippen molar-refractivity contribution in [3.63, 3.8) is 0 Å².